The van der Waals surface area contributed by atoms with Gasteiger partial charge in [-0.25, -0.2) is 8.42 Å². The van der Waals surface area contributed by atoms with Crippen molar-refractivity contribution in [3.63, 3.8) is 0 Å². The van der Waals surface area contributed by atoms with Gasteiger partial charge in [-0.15, -0.1) is 0 Å². The summed E-state index contributed by atoms with van der Waals surface area (Å²) in [6.07, 6.45) is 6.62. The van der Waals surface area contributed by atoms with Crippen LogP contribution in [0.5, 0.6) is 0 Å². The van der Waals surface area contributed by atoms with Crippen LogP contribution >= 0.6 is 0 Å². The monoisotopic (exact) mass is 359 g/mol. The van der Waals surface area contributed by atoms with Crippen molar-refractivity contribution in [2.24, 2.45) is 0 Å². The van der Waals surface area contributed by atoms with E-state index in [1.165, 1.54) is 6.20 Å². The molecule has 8 heteroatoms. The molecule has 1 atom stereocenters. The number of rotatable bonds is 4. The van der Waals surface area contributed by atoms with Gasteiger partial charge >= 0.3 is 0 Å². The number of H-pyrrole nitrogens is 1. The fraction of sp³-hybridized carbons (Fsp3) is 0.412. The van der Waals surface area contributed by atoms with Crippen LogP contribution in [0.3, 0.4) is 0 Å². The zero-order chi connectivity index (χ0) is 17.4. The predicted octanol–water partition coefficient (Wildman–Crippen LogP) is 2.35. The van der Waals surface area contributed by atoms with Crippen molar-refractivity contribution in [1.82, 2.24) is 24.1 Å². The number of aryl methyl sites for hydroxylation is 1. The van der Waals surface area contributed by atoms with Crippen molar-refractivity contribution in [1.29, 1.82) is 0 Å². The van der Waals surface area contributed by atoms with Crippen LogP contribution in [0.1, 0.15) is 31.4 Å². The number of hydrogen-bond acceptors (Lipinski definition) is 4. The van der Waals surface area contributed by atoms with Gasteiger partial charge in [0.15, 0.2) is 0 Å². The van der Waals surface area contributed by atoms with Crippen molar-refractivity contribution >= 4 is 21.1 Å². The van der Waals surface area contributed by atoms with Gasteiger partial charge in [-0.1, -0.05) is 0 Å². The van der Waals surface area contributed by atoms with E-state index in [-0.39, 0.29) is 10.8 Å². The first kappa shape index (κ1) is 16.3. The molecule has 0 bridgehead atoms. The molecule has 4 rings (SSSR count). The average molecular weight is 359 g/mol. The van der Waals surface area contributed by atoms with E-state index in [1.54, 1.807) is 21.4 Å². The third kappa shape index (κ3) is 2.96. The van der Waals surface area contributed by atoms with Crippen molar-refractivity contribution in [3.05, 3.63) is 42.5 Å². The van der Waals surface area contributed by atoms with Crippen LogP contribution in [-0.2, 0) is 16.6 Å². The van der Waals surface area contributed by atoms with Crippen LogP contribution in [0, 0.1) is 0 Å². The van der Waals surface area contributed by atoms with Crippen LogP contribution in [0.2, 0.25) is 0 Å². The van der Waals surface area contributed by atoms with Gasteiger partial charge < -0.3 is 4.98 Å². The molecule has 1 aliphatic heterocycles. The molecule has 0 saturated carbocycles. The lowest BCUT2D eigenvalue weighted by molar-refractivity contribution is 0.313. The number of nitrogens with one attached hydrogen (secondary N) is 1. The maximum Gasteiger partial charge on any atom is 0.246 e. The maximum absolute atomic E-state index is 12.9. The van der Waals surface area contributed by atoms with Crippen LogP contribution in [-0.4, -0.2) is 45.6 Å². The third-order valence-electron chi connectivity index (χ3n) is 4.81. The smallest absolute Gasteiger partial charge is 0.246 e. The molecule has 3 aromatic rings. The van der Waals surface area contributed by atoms with Gasteiger partial charge in [-0.3, -0.25) is 9.67 Å². The predicted molar refractivity (Wildman–Crippen MR) is 94.7 cm³/mol. The van der Waals surface area contributed by atoms with E-state index in [0.717, 1.165) is 29.6 Å². The highest BCUT2D eigenvalue weighted by Crippen LogP contribution is 2.31. The molecule has 0 amide bonds. The van der Waals surface area contributed by atoms with Gasteiger partial charge in [0.05, 0.1) is 17.2 Å². The zero-order valence-corrected chi connectivity index (χ0v) is 14.9. The van der Waals surface area contributed by atoms with Gasteiger partial charge in [0.1, 0.15) is 4.90 Å². The van der Waals surface area contributed by atoms with Gasteiger partial charge in [0.2, 0.25) is 10.0 Å². The first-order chi connectivity index (χ1) is 12.1. The Hall–Kier alpha value is -2.19. The number of nitrogens with zero attached hydrogens (tertiary/aromatic N) is 4. The first-order valence-corrected chi connectivity index (χ1v) is 9.98. The first-order valence-electron chi connectivity index (χ1n) is 8.54. The molecular weight excluding hydrogens is 338 g/mol. The highest BCUT2D eigenvalue weighted by molar-refractivity contribution is 7.89. The summed E-state index contributed by atoms with van der Waals surface area (Å²) >= 11 is 0. The van der Waals surface area contributed by atoms with Gasteiger partial charge in [0.25, 0.3) is 0 Å². The Morgan fingerprint density at radius 3 is 3.04 bits per heavy atom. The van der Waals surface area contributed by atoms with Crippen LogP contribution in [0.25, 0.3) is 11.0 Å². The van der Waals surface area contributed by atoms with Crippen molar-refractivity contribution in [2.45, 2.75) is 37.1 Å². The fourth-order valence-corrected chi connectivity index (χ4v) is 4.89. The SMILES string of the molecule is CCn1cc(S(=O)(=O)N2CCC[C@@H](c3cc4ncccc4[nH]3)C2)cn1. The number of aromatic amines is 1. The summed E-state index contributed by atoms with van der Waals surface area (Å²) in [4.78, 5) is 8.01. The summed E-state index contributed by atoms with van der Waals surface area (Å²) in [5, 5.41) is 4.10. The number of fused-ring (bicyclic) bond motifs is 1. The normalized spacial score (nSPS) is 19.5. The molecule has 25 heavy (non-hydrogen) atoms. The van der Waals surface area contributed by atoms with E-state index in [1.807, 2.05) is 25.1 Å². The highest BCUT2D eigenvalue weighted by Gasteiger charge is 2.32. The Morgan fingerprint density at radius 1 is 1.40 bits per heavy atom. The largest absolute Gasteiger partial charge is 0.357 e. The van der Waals surface area contributed by atoms with Crippen LogP contribution < -0.4 is 0 Å². The number of pyridine rings is 1. The van der Waals surface area contributed by atoms with Gasteiger partial charge in [-0.05, 0) is 38.0 Å². The minimum Gasteiger partial charge on any atom is -0.357 e. The number of piperidine rings is 1. The van der Waals surface area contributed by atoms with E-state index < -0.39 is 10.0 Å². The summed E-state index contributed by atoms with van der Waals surface area (Å²) < 4.78 is 29.0. The molecule has 1 fully saturated rings. The Bertz CT molecular complexity index is 958. The molecule has 0 spiro atoms. The summed E-state index contributed by atoms with van der Waals surface area (Å²) in [5.74, 6) is 0.152. The zero-order valence-electron chi connectivity index (χ0n) is 14.1. The topological polar surface area (TPSA) is 83.9 Å². The summed E-state index contributed by atoms with van der Waals surface area (Å²) in [6.45, 7) is 3.62. The highest BCUT2D eigenvalue weighted by atomic mass is 32.2. The Morgan fingerprint density at radius 2 is 2.28 bits per heavy atom. The maximum atomic E-state index is 12.9. The Kier molecular flexibility index (Phi) is 4.09. The van der Waals surface area contributed by atoms with Gasteiger partial charge in [0, 0.05) is 43.6 Å². The molecular formula is C17H21N5O2S. The lowest BCUT2D eigenvalue weighted by Crippen LogP contribution is -2.39. The Labute approximate surface area is 146 Å². The minimum atomic E-state index is -3.50. The van der Waals surface area contributed by atoms with E-state index in [0.29, 0.717) is 19.6 Å². The molecule has 7 nitrogen and oxygen atoms in total. The molecule has 132 valence electrons. The van der Waals surface area contributed by atoms with Crippen LogP contribution in [0.15, 0.2) is 41.7 Å². The molecule has 1 aliphatic rings. The quantitative estimate of drug-likeness (QED) is 0.775. The second-order valence-corrected chi connectivity index (χ2v) is 8.33. The molecule has 4 heterocycles. The van der Waals surface area contributed by atoms with Crippen molar-refractivity contribution in [3.8, 4) is 0 Å². The molecule has 0 unspecified atom stereocenters. The van der Waals surface area contributed by atoms with Crippen molar-refractivity contribution < 1.29 is 8.42 Å². The van der Waals surface area contributed by atoms with E-state index in [9.17, 15) is 8.42 Å². The lowest BCUT2D eigenvalue weighted by atomic mass is 9.96. The number of aromatic nitrogens is 4. The minimum absolute atomic E-state index is 0.152. The summed E-state index contributed by atoms with van der Waals surface area (Å²) in [5.41, 5.74) is 2.96. The molecule has 0 radical (unpaired) electrons. The molecule has 0 aromatic carbocycles. The third-order valence-corrected chi connectivity index (χ3v) is 6.62. The fourth-order valence-electron chi connectivity index (χ4n) is 3.41. The second kappa shape index (κ2) is 6.27. The standard InChI is InChI=1S/C17H21N5O2S/c1-2-21-12-14(10-19-21)25(23,24)22-8-4-5-13(11-22)16-9-17-15(20-16)6-3-7-18-17/h3,6-7,9-10,12-13,20H,2,4-5,8,11H2,1H3/t13-/m1/s1. The second-order valence-electron chi connectivity index (χ2n) is 6.39. The summed E-state index contributed by atoms with van der Waals surface area (Å²) in [7, 11) is -3.50. The molecule has 0 aliphatic carbocycles. The number of sulfonamides is 1. The van der Waals surface area contributed by atoms with E-state index in [4.69, 9.17) is 0 Å². The molecule has 1 N–H and O–H groups in total. The Balaban J connectivity index is 1.59. The molecule has 1 saturated heterocycles. The van der Waals surface area contributed by atoms with E-state index >= 15 is 0 Å². The average Bonchev–Trinajstić information content (AvgIpc) is 3.29. The van der Waals surface area contributed by atoms with Gasteiger partial charge in [-0.2, -0.15) is 9.40 Å². The van der Waals surface area contributed by atoms with E-state index in [2.05, 4.69) is 15.1 Å². The van der Waals surface area contributed by atoms with Crippen molar-refractivity contribution in [2.75, 3.05) is 13.1 Å². The lowest BCUT2D eigenvalue weighted by Gasteiger charge is -2.31. The summed E-state index contributed by atoms with van der Waals surface area (Å²) in [6, 6.07) is 5.92. The molecule has 3 aromatic heterocycles. The van der Waals surface area contributed by atoms with Crippen LogP contribution in [0.4, 0.5) is 0 Å². The number of hydrogen-bond donors (Lipinski definition) is 1.